The van der Waals surface area contributed by atoms with E-state index >= 15 is 0 Å². The highest BCUT2D eigenvalue weighted by atomic mass is 14.9. The molecule has 1 heterocycles. The number of aromatic nitrogens is 1. The molecular formula is C20H26N+. The molecule has 1 saturated carbocycles. The van der Waals surface area contributed by atoms with Gasteiger partial charge in [0.15, 0.2) is 6.20 Å². The van der Waals surface area contributed by atoms with Gasteiger partial charge in [0.1, 0.15) is 7.05 Å². The normalized spacial score (nSPS) is 16.1. The minimum absolute atomic E-state index is 0.776. The number of nitrogens with zero attached hydrogens (tertiary/aromatic N) is 1. The van der Waals surface area contributed by atoms with Crippen molar-refractivity contribution < 1.29 is 4.57 Å². The van der Waals surface area contributed by atoms with Gasteiger partial charge >= 0.3 is 0 Å². The molecule has 1 fully saturated rings. The molecule has 110 valence electrons. The monoisotopic (exact) mass is 280 g/mol. The molecule has 1 nitrogen and oxygen atoms in total. The first-order chi connectivity index (χ1) is 10.1. The van der Waals surface area contributed by atoms with Gasteiger partial charge in [0, 0.05) is 17.2 Å². The maximum Gasteiger partial charge on any atom is 0.212 e. The minimum atomic E-state index is 0.776. The van der Waals surface area contributed by atoms with Crippen LogP contribution in [0.2, 0.25) is 0 Å². The predicted molar refractivity (Wildman–Crippen MR) is 88.4 cm³/mol. The fourth-order valence-corrected chi connectivity index (χ4v) is 3.69. The van der Waals surface area contributed by atoms with E-state index in [1.807, 2.05) is 0 Å². The van der Waals surface area contributed by atoms with Gasteiger partial charge in [0.2, 0.25) is 5.69 Å². The molecule has 0 atom stereocenters. The van der Waals surface area contributed by atoms with Crippen LogP contribution in [0.1, 0.15) is 54.7 Å². The summed E-state index contributed by atoms with van der Waals surface area (Å²) < 4.78 is 2.31. The van der Waals surface area contributed by atoms with Crippen LogP contribution >= 0.6 is 0 Å². The third-order valence-electron chi connectivity index (χ3n) is 4.89. The molecule has 1 aromatic carbocycles. The molecular weight excluding hydrogens is 254 g/mol. The Morgan fingerprint density at radius 2 is 1.71 bits per heavy atom. The van der Waals surface area contributed by atoms with Crippen molar-refractivity contribution in [2.45, 2.75) is 51.9 Å². The van der Waals surface area contributed by atoms with Gasteiger partial charge in [-0.25, -0.2) is 4.57 Å². The number of benzene rings is 1. The Hall–Kier alpha value is -1.63. The Balaban J connectivity index is 1.93. The van der Waals surface area contributed by atoms with Crippen LogP contribution in [0, 0.1) is 13.8 Å². The third kappa shape index (κ3) is 3.02. The average Bonchev–Trinajstić information content (AvgIpc) is 2.49. The van der Waals surface area contributed by atoms with Gasteiger partial charge in [0.05, 0.1) is 0 Å². The van der Waals surface area contributed by atoms with Crippen molar-refractivity contribution in [2.75, 3.05) is 0 Å². The Bertz CT molecular complexity index is 636. The lowest BCUT2D eigenvalue weighted by Gasteiger charge is -2.21. The standard InChI is InChI=1S/C20H26N/c1-15-9-11-19(16(2)13-15)20-12-10-18(14-21(20)3)17-7-5-4-6-8-17/h9-14,17H,4-8H2,1-3H3/q+1. The molecule has 0 amide bonds. The van der Waals surface area contributed by atoms with Crippen molar-refractivity contribution in [3.8, 4) is 11.3 Å². The van der Waals surface area contributed by atoms with Crippen LogP contribution in [0.5, 0.6) is 0 Å². The highest BCUT2D eigenvalue weighted by Crippen LogP contribution is 2.32. The van der Waals surface area contributed by atoms with Crippen molar-refractivity contribution in [2.24, 2.45) is 7.05 Å². The third-order valence-corrected chi connectivity index (χ3v) is 4.89. The lowest BCUT2D eigenvalue weighted by atomic mass is 9.84. The van der Waals surface area contributed by atoms with Crippen molar-refractivity contribution in [1.82, 2.24) is 0 Å². The topological polar surface area (TPSA) is 3.88 Å². The maximum absolute atomic E-state index is 2.35. The van der Waals surface area contributed by atoms with Crippen LogP contribution in [0.15, 0.2) is 36.5 Å². The van der Waals surface area contributed by atoms with E-state index in [4.69, 9.17) is 0 Å². The van der Waals surface area contributed by atoms with Gasteiger partial charge in [-0.15, -0.1) is 0 Å². The number of hydrogen-bond acceptors (Lipinski definition) is 0. The van der Waals surface area contributed by atoms with Gasteiger partial charge in [-0.1, -0.05) is 37.0 Å². The Morgan fingerprint density at radius 3 is 2.38 bits per heavy atom. The van der Waals surface area contributed by atoms with Crippen molar-refractivity contribution in [1.29, 1.82) is 0 Å². The summed E-state index contributed by atoms with van der Waals surface area (Å²) in [5.41, 5.74) is 6.87. The summed E-state index contributed by atoms with van der Waals surface area (Å²) in [6, 6.07) is 11.4. The molecule has 0 aliphatic heterocycles. The molecule has 1 aliphatic rings. The zero-order valence-corrected chi connectivity index (χ0v) is 13.5. The van der Waals surface area contributed by atoms with Crippen molar-refractivity contribution >= 4 is 0 Å². The first-order valence-corrected chi connectivity index (χ1v) is 8.22. The van der Waals surface area contributed by atoms with Crippen LogP contribution in [0.3, 0.4) is 0 Å². The Morgan fingerprint density at radius 1 is 0.952 bits per heavy atom. The first kappa shape index (κ1) is 14.3. The summed E-state index contributed by atoms with van der Waals surface area (Å²) in [5, 5.41) is 0. The highest BCUT2D eigenvalue weighted by Gasteiger charge is 2.20. The van der Waals surface area contributed by atoms with Crippen LogP contribution < -0.4 is 4.57 Å². The van der Waals surface area contributed by atoms with Crippen LogP contribution in [-0.4, -0.2) is 0 Å². The summed E-state index contributed by atoms with van der Waals surface area (Å²) in [5.74, 6) is 0.776. The van der Waals surface area contributed by atoms with E-state index < -0.39 is 0 Å². The van der Waals surface area contributed by atoms with Gasteiger partial charge < -0.3 is 0 Å². The number of aryl methyl sites for hydroxylation is 3. The molecule has 3 rings (SSSR count). The quantitative estimate of drug-likeness (QED) is 0.693. The van der Waals surface area contributed by atoms with Crippen LogP contribution in [0.25, 0.3) is 11.3 Å². The smallest absolute Gasteiger partial charge is 0.201 e. The summed E-state index contributed by atoms with van der Waals surface area (Å²) >= 11 is 0. The van der Waals surface area contributed by atoms with E-state index in [0.717, 1.165) is 5.92 Å². The summed E-state index contributed by atoms with van der Waals surface area (Å²) in [6.07, 6.45) is 9.29. The highest BCUT2D eigenvalue weighted by molar-refractivity contribution is 5.61. The Labute approximate surface area is 128 Å². The molecule has 21 heavy (non-hydrogen) atoms. The molecule has 0 bridgehead atoms. The number of pyridine rings is 1. The lowest BCUT2D eigenvalue weighted by Crippen LogP contribution is -2.32. The van der Waals surface area contributed by atoms with Crippen LogP contribution in [-0.2, 0) is 7.05 Å². The van der Waals surface area contributed by atoms with Gasteiger partial charge in [-0.2, -0.15) is 0 Å². The molecule has 2 aromatic rings. The second-order valence-corrected chi connectivity index (χ2v) is 6.61. The van der Waals surface area contributed by atoms with Gasteiger partial charge in [-0.05, 0) is 50.3 Å². The zero-order chi connectivity index (χ0) is 14.8. The molecule has 1 aliphatic carbocycles. The molecule has 0 saturated heterocycles. The SMILES string of the molecule is Cc1ccc(-c2ccc(C3CCCCC3)c[n+]2C)c(C)c1. The summed E-state index contributed by atoms with van der Waals surface area (Å²) in [7, 11) is 2.18. The largest absolute Gasteiger partial charge is 0.212 e. The maximum atomic E-state index is 2.35. The Kier molecular flexibility index (Phi) is 4.10. The number of rotatable bonds is 2. The fourth-order valence-electron chi connectivity index (χ4n) is 3.69. The average molecular weight is 280 g/mol. The van der Waals surface area contributed by atoms with E-state index in [9.17, 15) is 0 Å². The van der Waals surface area contributed by atoms with E-state index in [-0.39, 0.29) is 0 Å². The summed E-state index contributed by atoms with van der Waals surface area (Å²) in [6.45, 7) is 4.36. The van der Waals surface area contributed by atoms with E-state index in [0.29, 0.717) is 0 Å². The molecule has 0 unspecified atom stereocenters. The van der Waals surface area contributed by atoms with Crippen LogP contribution in [0.4, 0.5) is 0 Å². The first-order valence-electron chi connectivity index (χ1n) is 8.22. The van der Waals surface area contributed by atoms with E-state index in [1.54, 1.807) is 0 Å². The molecule has 1 aromatic heterocycles. The molecule has 1 heteroatoms. The zero-order valence-electron chi connectivity index (χ0n) is 13.5. The van der Waals surface area contributed by atoms with Gasteiger partial charge in [0.25, 0.3) is 0 Å². The van der Waals surface area contributed by atoms with Crippen molar-refractivity contribution in [3.05, 3.63) is 53.2 Å². The lowest BCUT2D eigenvalue weighted by molar-refractivity contribution is -0.660. The predicted octanol–water partition coefficient (Wildman–Crippen LogP) is 4.84. The second-order valence-electron chi connectivity index (χ2n) is 6.61. The summed E-state index contributed by atoms with van der Waals surface area (Å²) in [4.78, 5) is 0. The van der Waals surface area contributed by atoms with Gasteiger partial charge in [-0.3, -0.25) is 0 Å². The molecule has 0 spiro atoms. The number of hydrogen-bond donors (Lipinski definition) is 0. The molecule has 0 N–H and O–H groups in total. The minimum Gasteiger partial charge on any atom is -0.201 e. The second kappa shape index (κ2) is 6.01. The van der Waals surface area contributed by atoms with Crippen molar-refractivity contribution in [3.63, 3.8) is 0 Å². The van der Waals surface area contributed by atoms with E-state index in [2.05, 4.69) is 62.0 Å². The van der Waals surface area contributed by atoms with E-state index in [1.165, 1.54) is 60.1 Å². The fraction of sp³-hybridized carbons (Fsp3) is 0.450. The molecule has 0 radical (unpaired) electrons.